The van der Waals surface area contributed by atoms with Gasteiger partial charge in [0.15, 0.2) is 22.9 Å². The normalized spacial score (nSPS) is 22.9. The smallest absolute Gasteiger partial charge is 0.245 e. The van der Waals surface area contributed by atoms with E-state index in [1.807, 2.05) is 0 Å². The summed E-state index contributed by atoms with van der Waals surface area (Å²) < 4.78 is 11.3. The van der Waals surface area contributed by atoms with Gasteiger partial charge in [-0.3, -0.25) is 9.89 Å². The fourth-order valence-electron chi connectivity index (χ4n) is 7.19. The Hall–Kier alpha value is -3.01. The van der Waals surface area contributed by atoms with Crippen molar-refractivity contribution in [3.8, 4) is 17.4 Å². The van der Waals surface area contributed by atoms with Crippen LogP contribution in [0.4, 0.5) is 5.82 Å². The molecule has 228 valence electrons. The molecule has 0 bridgehead atoms. The Morgan fingerprint density at radius 1 is 1.05 bits per heavy atom. The molecule has 3 aromatic rings. The number of piperidine rings is 1. The lowest BCUT2D eigenvalue weighted by molar-refractivity contribution is -0.121. The molecule has 1 N–H and O–H groups in total. The number of anilines is 1. The van der Waals surface area contributed by atoms with Gasteiger partial charge in [0.2, 0.25) is 5.88 Å². The minimum atomic E-state index is -0.208. The number of carbonyl (C=O) groups excluding carboxylic acids is 1. The van der Waals surface area contributed by atoms with Gasteiger partial charge in [0.25, 0.3) is 0 Å². The Kier molecular flexibility index (Phi) is 9.07. The second-order valence-electron chi connectivity index (χ2n) is 12.7. The number of aromatic nitrogens is 5. The van der Waals surface area contributed by atoms with Gasteiger partial charge < -0.3 is 19.1 Å². The summed E-state index contributed by atoms with van der Waals surface area (Å²) in [7, 11) is 1.61. The summed E-state index contributed by atoms with van der Waals surface area (Å²) in [4.78, 5) is 27.5. The summed E-state index contributed by atoms with van der Waals surface area (Å²) in [6.45, 7) is 9.00. The molecule has 0 aromatic carbocycles. The van der Waals surface area contributed by atoms with Crippen molar-refractivity contribution >= 4 is 22.6 Å². The molecule has 0 radical (unpaired) electrons. The average Bonchev–Trinajstić information content (AvgIpc) is 3.75. The van der Waals surface area contributed by atoms with Crippen LogP contribution >= 0.6 is 0 Å². The molecule has 2 saturated heterocycles. The Morgan fingerprint density at radius 2 is 1.88 bits per heavy atom. The van der Waals surface area contributed by atoms with E-state index in [0.717, 1.165) is 74.4 Å². The van der Waals surface area contributed by atoms with E-state index in [9.17, 15) is 4.79 Å². The maximum Gasteiger partial charge on any atom is 0.245 e. The van der Waals surface area contributed by atoms with Gasteiger partial charge in [0.1, 0.15) is 17.0 Å². The lowest BCUT2D eigenvalue weighted by atomic mass is 9.83. The lowest BCUT2D eigenvalue weighted by Crippen LogP contribution is -2.43. The molecule has 7 rings (SSSR count). The molecule has 0 spiro atoms. The van der Waals surface area contributed by atoms with Crippen molar-refractivity contribution in [2.45, 2.75) is 109 Å². The summed E-state index contributed by atoms with van der Waals surface area (Å²) in [6.07, 6.45) is 14.8. The number of nitrogens with zero attached hydrogens (tertiary/aromatic N) is 6. The van der Waals surface area contributed by atoms with E-state index in [0.29, 0.717) is 41.1 Å². The number of Topliss-reactive ketones (excluding diaryl/α,β-unsaturated/α-hetero) is 1. The zero-order valence-electron chi connectivity index (χ0n) is 25.7. The number of carbonyl (C=O) groups is 1. The number of methoxy groups -OCH3 is 1. The predicted molar refractivity (Wildman–Crippen MR) is 163 cm³/mol. The fourth-order valence-corrected chi connectivity index (χ4v) is 7.19. The van der Waals surface area contributed by atoms with E-state index >= 15 is 0 Å². The first-order chi connectivity index (χ1) is 20.6. The highest BCUT2D eigenvalue weighted by molar-refractivity contribution is 5.93. The van der Waals surface area contributed by atoms with Crippen LogP contribution < -0.4 is 9.64 Å². The number of unbranched alkanes of at least 4 members (excludes halogenated alkanes) is 1. The summed E-state index contributed by atoms with van der Waals surface area (Å²) in [5.41, 5.74) is 2.23. The molecule has 4 aliphatic rings. The number of hydrogen-bond donors (Lipinski definition) is 1. The minimum absolute atomic E-state index is 0.208. The number of fused-ring (bicyclic) bond motifs is 2. The molecule has 1 saturated carbocycles. The van der Waals surface area contributed by atoms with Gasteiger partial charge in [-0.2, -0.15) is 0 Å². The minimum Gasteiger partial charge on any atom is -0.479 e. The highest BCUT2D eigenvalue weighted by atomic mass is 16.5. The van der Waals surface area contributed by atoms with Crippen LogP contribution in [0.15, 0.2) is 4.52 Å². The van der Waals surface area contributed by atoms with Crippen molar-refractivity contribution < 1.29 is 14.1 Å². The molecule has 3 aromatic heterocycles. The number of ether oxygens (including phenoxy) is 1. The second kappa shape index (κ2) is 13.1. The first-order valence-electron chi connectivity index (χ1n) is 16.4. The largest absolute Gasteiger partial charge is 0.479 e. The van der Waals surface area contributed by atoms with Crippen molar-refractivity contribution in [3.63, 3.8) is 0 Å². The van der Waals surface area contributed by atoms with E-state index in [-0.39, 0.29) is 11.7 Å². The Labute approximate surface area is 249 Å². The molecule has 2 aliphatic heterocycles. The topological polar surface area (TPSA) is 113 Å². The van der Waals surface area contributed by atoms with Crippen molar-refractivity contribution in [3.05, 3.63) is 11.3 Å². The highest BCUT2D eigenvalue weighted by Gasteiger charge is 2.34. The number of nitrogens with one attached hydrogen (secondary N) is 1. The molecular formula is C32H47N7O3. The molecule has 42 heavy (non-hydrogen) atoms. The maximum atomic E-state index is 12.8. The third kappa shape index (κ3) is 5.92. The van der Waals surface area contributed by atoms with Crippen LogP contribution in [0.25, 0.3) is 22.6 Å². The van der Waals surface area contributed by atoms with Gasteiger partial charge in [0.05, 0.1) is 13.0 Å². The number of ketones is 1. The Bertz CT molecular complexity index is 1360. The van der Waals surface area contributed by atoms with E-state index in [4.69, 9.17) is 19.2 Å². The number of likely N-dealkylation sites (tertiary alicyclic amines) is 1. The second-order valence-corrected chi connectivity index (χ2v) is 12.7. The third-order valence-corrected chi connectivity index (χ3v) is 9.68. The average molecular weight is 578 g/mol. The number of aromatic amines is 1. The van der Waals surface area contributed by atoms with Gasteiger partial charge >= 0.3 is 0 Å². The van der Waals surface area contributed by atoms with Crippen LogP contribution in [0.5, 0.6) is 5.88 Å². The summed E-state index contributed by atoms with van der Waals surface area (Å²) in [5, 5.41) is 12.5. The van der Waals surface area contributed by atoms with Crippen LogP contribution in [0.1, 0.15) is 108 Å². The van der Waals surface area contributed by atoms with Crippen molar-refractivity contribution in [2.75, 3.05) is 38.2 Å². The number of H-pyrrole nitrogens is 1. The highest BCUT2D eigenvalue weighted by Crippen LogP contribution is 2.40. The quantitative estimate of drug-likeness (QED) is 0.341. The molecule has 2 atom stereocenters. The van der Waals surface area contributed by atoms with Crippen molar-refractivity contribution in [1.82, 2.24) is 30.2 Å². The zero-order chi connectivity index (χ0) is 29.1. The van der Waals surface area contributed by atoms with Crippen molar-refractivity contribution in [2.24, 2.45) is 5.92 Å². The molecule has 2 aliphatic carbocycles. The third-order valence-electron chi connectivity index (χ3n) is 9.68. The van der Waals surface area contributed by atoms with Crippen LogP contribution in [-0.4, -0.2) is 75.3 Å². The van der Waals surface area contributed by atoms with Crippen LogP contribution in [0.3, 0.4) is 0 Å². The number of hydrogen-bond acceptors (Lipinski definition) is 9. The van der Waals surface area contributed by atoms with E-state index < -0.39 is 0 Å². The number of rotatable bonds is 8. The van der Waals surface area contributed by atoms with Gasteiger partial charge in [-0.15, -0.1) is 5.10 Å². The summed E-state index contributed by atoms with van der Waals surface area (Å²) >= 11 is 0. The molecule has 5 heterocycles. The molecule has 10 heteroatoms. The van der Waals surface area contributed by atoms with Gasteiger partial charge in [0, 0.05) is 31.1 Å². The zero-order valence-corrected chi connectivity index (χ0v) is 25.7. The monoisotopic (exact) mass is 577 g/mol. The van der Waals surface area contributed by atoms with E-state index in [2.05, 4.69) is 39.0 Å². The fraction of sp³-hybridized carbons (Fsp3) is 0.719. The summed E-state index contributed by atoms with van der Waals surface area (Å²) in [6, 6.07) is 0.999. The van der Waals surface area contributed by atoms with Crippen LogP contribution in [0.2, 0.25) is 0 Å². The van der Waals surface area contributed by atoms with Crippen LogP contribution in [0, 0.1) is 5.92 Å². The van der Waals surface area contributed by atoms with E-state index in [1.165, 1.54) is 51.6 Å². The lowest BCUT2D eigenvalue weighted by Gasteiger charge is -2.36. The standard InChI is InChI=1S/C24H32N6O3.C8H15N/c1-4-5-11-17(31)15-9-6-10-16-19(29-33-20(15)16)22-25-21-18(24(32-3)28-27-21)23(26-22)30-12-7-8-14(2)13-30;1-2-5-8(4-1)9-6-3-7-9/h14-15H,4-13H2,1-3H3,(H,25,26,27,28);8H,1-7H2. The maximum absolute atomic E-state index is 12.8. The molecule has 0 amide bonds. The van der Waals surface area contributed by atoms with Crippen molar-refractivity contribution in [1.29, 1.82) is 0 Å². The molecule has 2 unspecified atom stereocenters. The molecular weight excluding hydrogens is 530 g/mol. The molecule has 10 nitrogen and oxygen atoms in total. The summed E-state index contributed by atoms with van der Waals surface area (Å²) in [5.74, 6) is 3.15. The first kappa shape index (κ1) is 29.1. The van der Waals surface area contributed by atoms with Gasteiger partial charge in [-0.05, 0) is 76.8 Å². The van der Waals surface area contributed by atoms with Gasteiger partial charge in [-0.1, -0.05) is 38.3 Å². The van der Waals surface area contributed by atoms with Crippen LogP contribution in [-0.2, 0) is 11.2 Å². The predicted octanol–water partition coefficient (Wildman–Crippen LogP) is 6.07. The Balaban J connectivity index is 0.000000296. The van der Waals surface area contributed by atoms with Gasteiger partial charge in [-0.25, -0.2) is 9.97 Å². The first-order valence-corrected chi connectivity index (χ1v) is 16.4. The SMILES string of the molecule is C1CCC(N2CCC2)C1.CCCCC(=O)C1CCCc2c(-c3nc(N4CCCC(C)C4)c4c(OC)n[nH]c4n3)noc21. The molecule has 3 fully saturated rings. The van der Waals surface area contributed by atoms with E-state index in [1.54, 1.807) is 7.11 Å². The Morgan fingerprint density at radius 3 is 2.60 bits per heavy atom.